The number of anilines is 1. The number of halogens is 3. The van der Waals surface area contributed by atoms with Crippen molar-refractivity contribution in [3.05, 3.63) is 23.9 Å². The third-order valence-corrected chi connectivity index (χ3v) is 4.47. The Morgan fingerprint density at radius 2 is 2.04 bits per heavy atom. The molecule has 5 nitrogen and oxygen atoms in total. The van der Waals surface area contributed by atoms with Crippen LogP contribution in [0.1, 0.15) is 32.3 Å². The summed E-state index contributed by atoms with van der Waals surface area (Å²) in [4.78, 5) is 18.0. The molecule has 1 fully saturated rings. The molecule has 0 aliphatic carbocycles. The van der Waals surface area contributed by atoms with Gasteiger partial charge in [0.15, 0.2) is 6.54 Å². The highest BCUT2D eigenvalue weighted by molar-refractivity contribution is 5.77. The topological polar surface area (TPSA) is 50.9 Å². The van der Waals surface area contributed by atoms with E-state index in [-0.39, 0.29) is 11.9 Å². The van der Waals surface area contributed by atoms with E-state index in [4.69, 9.17) is 0 Å². The summed E-state index contributed by atoms with van der Waals surface area (Å²) in [5, 5.41) is 3.01. The lowest BCUT2D eigenvalue weighted by molar-refractivity contribution is -0.892. The Bertz CT molecular complexity index is 554. The maximum Gasteiger partial charge on any atom is 0.419 e. The van der Waals surface area contributed by atoms with Crippen molar-refractivity contribution in [2.45, 2.75) is 38.9 Å². The zero-order chi connectivity index (χ0) is 18.4. The van der Waals surface area contributed by atoms with Crippen LogP contribution >= 0.6 is 0 Å². The van der Waals surface area contributed by atoms with Crippen LogP contribution in [-0.4, -0.2) is 44.7 Å². The molecule has 0 unspecified atom stereocenters. The highest BCUT2D eigenvalue weighted by Gasteiger charge is 2.33. The van der Waals surface area contributed by atoms with Crippen molar-refractivity contribution in [1.29, 1.82) is 0 Å². The molecule has 140 valence electrons. The number of hydrogen-bond donors (Lipinski definition) is 2. The molecule has 1 aliphatic rings. The van der Waals surface area contributed by atoms with Crippen molar-refractivity contribution in [3.8, 4) is 0 Å². The average Bonchev–Trinajstić information content (AvgIpc) is 2.55. The van der Waals surface area contributed by atoms with E-state index in [1.165, 1.54) is 11.0 Å². The quantitative estimate of drug-likeness (QED) is 0.778. The van der Waals surface area contributed by atoms with Gasteiger partial charge in [-0.15, -0.1) is 0 Å². The molecule has 0 bridgehead atoms. The smallest absolute Gasteiger partial charge is 0.349 e. The van der Waals surface area contributed by atoms with Crippen molar-refractivity contribution in [1.82, 2.24) is 5.32 Å². The van der Waals surface area contributed by atoms with E-state index < -0.39 is 11.7 Å². The van der Waals surface area contributed by atoms with Crippen molar-refractivity contribution < 1.29 is 27.8 Å². The highest BCUT2D eigenvalue weighted by Crippen LogP contribution is 2.28. The van der Waals surface area contributed by atoms with Crippen molar-refractivity contribution >= 4 is 11.7 Å². The Morgan fingerprint density at radius 3 is 2.56 bits per heavy atom. The van der Waals surface area contributed by atoms with Gasteiger partial charge in [-0.05, 0) is 19.4 Å². The Morgan fingerprint density at radius 1 is 1.36 bits per heavy atom. The van der Waals surface area contributed by atoms with Crippen molar-refractivity contribution in [2.75, 3.05) is 37.6 Å². The summed E-state index contributed by atoms with van der Waals surface area (Å²) in [7, 11) is 0. The Balaban J connectivity index is 1.80. The lowest BCUT2D eigenvalue weighted by atomic mass is 10.2. The number of H-pyrrole nitrogens is 1. The van der Waals surface area contributed by atoms with Crippen molar-refractivity contribution in [2.24, 2.45) is 0 Å². The zero-order valence-corrected chi connectivity index (χ0v) is 14.7. The lowest BCUT2D eigenvalue weighted by Crippen LogP contribution is -3.16. The molecule has 1 aromatic rings. The fraction of sp³-hybridized carbons (Fsp3) is 0.647. The molecule has 0 spiro atoms. The van der Waals surface area contributed by atoms with Gasteiger partial charge in [0.1, 0.15) is 32.4 Å². The van der Waals surface area contributed by atoms with Crippen LogP contribution in [0.5, 0.6) is 0 Å². The van der Waals surface area contributed by atoms with E-state index in [0.29, 0.717) is 25.5 Å². The van der Waals surface area contributed by atoms with Crippen LogP contribution in [0.2, 0.25) is 0 Å². The number of piperazine rings is 1. The minimum atomic E-state index is -4.33. The fourth-order valence-electron chi connectivity index (χ4n) is 3.09. The molecule has 8 heteroatoms. The predicted octanol–water partition coefficient (Wildman–Crippen LogP) is 0.529. The number of pyridine rings is 1. The molecule has 3 N–H and O–H groups in total. The van der Waals surface area contributed by atoms with E-state index >= 15 is 0 Å². The first-order chi connectivity index (χ1) is 11.8. The lowest BCUT2D eigenvalue weighted by Gasteiger charge is -2.28. The maximum atomic E-state index is 12.6. The molecule has 2 rings (SSSR count). The predicted molar refractivity (Wildman–Crippen MR) is 88.3 cm³/mol. The molecule has 0 radical (unpaired) electrons. The first-order valence-electron chi connectivity index (χ1n) is 8.76. The minimum Gasteiger partial charge on any atom is -0.349 e. The Kier molecular flexibility index (Phi) is 6.64. The molecule has 1 aromatic heterocycles. The van der Waals surface area contributed by atoms with Crippen LogP contribution in [0, 0.1) is 0 Å². The number of alkyl halides is 3. The SMILES string of the molecule is CCC[C@H](C)NC(=O)C[NH+]1CCN(c2ccc(C(F)(F)F)c[nH+]2)CC1. The van der Waals surface area contributed by atoms with Gasteiger partial charge in [-0.3, -0.25) is 9.69 Å². The van der Waals surface area contributed by atoms with E-state index in [0.717, 1.165) is 38.2 Å². The van der Waals surface area contributed by atoms with E-state index in [9.17, 15) is 18.0 Å². The third-order valence-electron chi connectivity index (χ3n) is 4.47. The van der Waals surface area contributed by atoms with Gasteiger partial charge >= 0.3 is 6.18 Å². The Hall–Kier alpha value is -1.83. The summed E-state index contributed by atoms with van der Waals surface area (Å²) in [5.74, 6) is 0.735. The second kappa shape index (κ2) is 8.51. The third kappa shape index (κ3) is 5.88. The van der Waals surface area contributed by atoms with E-state index in [2.05, 4.69) is 17.2 Å². The number of amides is 1. The standard InChI is InChI=1S/C17H25F3N4O/c1-3-4-13(2)22-16(25)12-23-7-9-24(10-8-23)15-6-5-14(11-21-15)17(18,19)20/h5-6,11,13H,3-4,7-10,12H2,1-2H3,(H,22,25)/p+2/t13-/m0/s1. The number of quaternary nitrogens is 1. The maximum absolute atomic E-state index is 12.6. The summed E-state index contributed by atoms with van der Waals surface area (Å²) in [6, 6.07) is 2.75. The first-order valence-corrected chi connectivity index (χ1v) is 8.76. The number of hydrogen-bond acceptors (Lipinski definition) is 2. The van der Waals surface area contributed by atoms with Gasteiger partial charge in [-0.2, -0.15) is 13.2 Å². The number of rotatable bonds is 6. The van der Waals surface area contributed by atoms with Gasteiger partial charge in [0.05, 0.1) is 5.56 Å². The van der Waals surface area contributed by atoms with Crippen LogP contribution < -0.4 is 20.1 Å². The molecule has 1 atom stereocenters. The summed E-state index contributed by atoms with van der Waals surface area (Å²) in [6.45, 7) is 7.51. The summed E-state index contributed by atoms with van der Waals surface area (Å²) >= 11 is 0. The van der Waals surface area contributed by atoms with Crippen LogP contribution in [-0.2, 0) is 11.0 Å². The fourth-order valence-corrected chi connectivity index (χ4v) is 3.09. The molecule has 1 saturated heterocycles. The molecule has 25 heavy (non-hydrogen) atoms. The number of carbonyl (C=O) groups excluding carboxylic acids is 1. The largest absolute Gasteiger partial charge is 0.419 e. The molecule has 1 aliphatic heterocycles. The first kappa shape index (κ1) is 19.5. The second-order valence-electron chi connectivity index (χ2n) is 6.63. The summed E-state index contributed by atoms with van der Waals surface area (Å²) in [5.41, 5.74) is -0.682. The van der Waals surface area contributed by atoms with Gasteiger partial charge in [0.2, 0.25) is 0 Å². The molecule has 1 amide bonds. The second-order valence-corrected chi connectivity index (χ2v) is 6.63. The van der Waals surface area contributed by atoms with Crippen LogP contribution in [0.25, 0.3) is 0 Å². The van der Waals surface area contributed by atoms with Crippen LogP contribution in [0.3, 0.4) is 0 Å². The van der Waals surface area contributed by atoms with Gasteiger partial charge in [-0.1, -0.05) is 13.3 Å². The van der Waals surface area contributed by atoms with Gasteiger partial charge < -0.3 is 10.2 Å². The zero-order valence-electron chi connectivity index (χ0n) is 14.7. The number of nitrogens with one attached hydrogen (secondary N) is 3. The molecular formula is C17H27F3N4O+2. The van der Waals surface area contributed by atoms with Crippen molar-refractivity contribution in [3.63, 3.8) is 0 Å². The van der Waals surface area contributed by atoms with Crippen LogP contribution in [0.15, 0.2) is 18.3 Å². The number of aromatic amines is 1. The normalized spacial score (nSPS) is 17.4. The van der Waals surface area contributed by atoms with Gasteiger partial charge in [-0.25, -0.2) is 4.98 Å². The van der Waals surface area contributed by atoms with Gasteiger partial charge in [0, 0.05) is 12.1 Å². The Labute approximate surface area is 146 Å². The molecular weight excluding hydrogens is 333 g/mol. The van der Waals surface area contributed by atoms with Gasteiger partial charge in [0.25, 0.3) is 11.7 Å². The summed E-state index contributed by atoms with van der Waals surface area (Å²) in [6.07, 6.45) is -1.33. The van der Waals surface area contributed by atoms with E-state index in [1.54, 1.807) is 0 Å². The molecule has 0 saturated carbocycles. The number of carbonyl (C=O) groups is 1. The van der Waals surface area contributed by atoms with Crippen LogP contribution in [0.4, 0.5) is 19.0 Å². The minimum absolute atomic E-state index is 0.0606. The average molecular weight is 360 g/mol. The molecule has 0 aromatic carbocycles. The monoisotopic (exact) mass is 360 g/mol. The number of nitrogens with zero attached hydrogens (tertiary/aromatic N) is 1. The number of aromatic nitrogens is 1. The highest BCUT2D eigenvalue weighted by atomic mass is 19.4. The van der Waals surface area contributed by atoms with E-state index in [1.807, 2.05) is 11.8 Å². The summed E-state index contributed by atoms with van der Waals surface area (Å²) < 4.78 is 37.8. The molecule has 2 heterocycles.